The van der Waals surface area contributed by atoms with Crippen LogP contribution in [0.25, 0.3) is 10.9 Å². The minimum Gasteiger partial charge on any atom is -0.491 e. The number of hydrogen-bond donors (Lipinski definition) is 2. The zero-order valence-corrected chi connectivity index (χ0v) is 19.4. The molecule has 0 spiro atoms. The minimum atomic E-state index is 0.245. The molecule has 0 bridgehead atoms. The number of rotatable bonds is 8. The molecule has 180 valence electrons. The van der Waals surface area contributed by atoms with Crippen LogP contribution in [0.3, 0.4) is 0 Å². The standard InChI is InChI=1S/C23H30N8O3/c1-32-20-18(34-10-2-6-30-8-11-33-12-9-30)4-3-17-19(20)29-23(31-7-5-25-21(17)31)28-15-16-13-26-22(24)27-14-16/h3-4,13-14,25H,2,5-12,15H2,1H3,(H2,24,26,27)/b28-23+. The molecule has 2 aromatic heterocycles. The highest BCUT2D eigenvalue weighted by molar-refractivity contribution is 5.95. The van der Waals surface area contributed by atoms with Gasteiger partial charge in [0, 0.05) is 56.1 Å². The van der Waals surface area contributed by atoms with Gasteiger partial charge in [-0.05, 0) is 18.6 Å². The van der Waals surface area contributed by atoms with E-state index >= 15 is 0 Å². The minimum absolute atomic E-state index is 0.245. The number of fused-ring (bicyclic) bond motifs is 3. The summed E-state index contributed by atoms with van der Waals surface area (Å²) in [5.74, 6) is 2.53. The molecule has 2 aliphatic heterocycles. The van der Waals surface area contributed by atoms with Gasteiger partial charge >= 0.3 is 0 Å². The molecule has 11 heteroatoms. The third-order valence-electron chi connectivity index (χ3n) is 6.01. The average Bonchev–Trinajstić information content (AvgIpc) is 3.37. The van der Waals surface area contributed by atoms with E-state index in [1.54, 1.807) is 19.5 Å². The molecule has 1 saturated heterocycles. The first kappa shape index (κ1) is 22.4. The Morgan fingerprint density at radius 1 is 1.18 bits per heavy atom. The highest BCUT2D eigenvalue weighted by Crippen LogP contribution is 2.37. The molecule has 1 aromatic carbocycles. The lowest BCUT2D eigenvalue weighted by Gasteiger charge is -2.26. The second-order valence-electron chi connectivity index (χ2n) is 8.25. The van der Waals surface area contributed by atoms with Gasteiger partial charge in [-0.1, -0.05) is 0 Å². The summed E-state index contributed by atoms with van der Waals surface area (Å²) < 4.78 is 19.4. The molecule has 3 N–H and O–H groups in total. The molecule has 1 fully saturated rings. The van der Waals surface area contributed by atoms with Gasteiger partial charge < -0.3 is 25.3 Å². The van der Waals surface area contributed by atoms with Crippen molar-refractivity contribution in [1.29, 1.82) is 0 Å². The fraction of sp³-hybridized carbons (Fsp3) is 0.478. The summed E-state index contributed by atoms with van der Waals surface area (Å²) in [6.45, 7) is 7.17. The molecule has 0 radical (unpaired) electrons. The van der Waals surface area contributed by atoms with Crippen LogP contribution >= 0.6 is 0 Å². The lowest BCUT2D eigenvalue weighted by atomic mass is 10.2. The summed E-state index contributed by atoms with van der Waals surface area (Å²) >= 11 is 0. The number of aromatic nitrogens is 4. The van der Waals surface area contributed by atoms with Crippen LogP contribution in [-0.2, 0) is 17.8 Å². The van der Waals surface area contributed by atoms with Gasteiger partial charge in [-0.15, -0.1) is 0 Å². The SMILES string of the molecule is COc1c(OCCCN2CCOCC2)ccc2c3n(/c(=N/Cc4cnc(N)nc4)nc12)CCN3. The van der Waals surface area contributed by atoms with Crippen molar-refractivity contribution in [3.05, 3.63) is 35.7 Å². The topological polar surface area (TPSA) is 125 Å². The van der Waals surface area contributed by atoms with Crippen molar-refractivity contribution < 1.29 is 14.2 Å². The number of nitrogens with one attached hydrogen (secondary N) is 1. The smallest absolute Gasteiger partial charge is 0.227 e. The molecule has 5 rings (SSSR count). The fourth-order valence-corrected chi connectivity index (χ4v) is 4.28. The predicted octanol–water partition coefficient (Wildman–Crippen LogP) is 1.04. The Balaban J connectivity index is 1.40. The maximum Gasteiger partial charge on any atom is 0.227 e. The molecular weight excluding hydrogens is 436 g/mol. The zero-order valence-electron chi connectivity index (χ0n) is 19.4. The van der Waals surface area contributed by atoms with Crippen molar-refractivity contribution in [2.45, 2.75) is 19.5 Å². The zero-order chi connectivity index (χ0) is 23.3. The number of morpholine rings is 1. The summed E-state index contributed by atoms with van der Waals surface area (Å²) in [6, 6.07) is 3.99. The monoisotopic (exact) mass is 466 g/mol. The largest absolute Gasteiger partial charge is 0.491 e. The second kappa shape index (κ2) is 10.2. The molecule has 0 amide bonds. The molecule has 3 aromatic rings. The Kier molecular flexibility index (Phi) is 6.72. The number of anilines is 2. The highest BCUT2D eigenvalue weighted by Gasteiger charge is 2.20. The van der Waals surface area contributed by atoms with Crippen LogP contribution < -0.4 is 26.1 Å². The van der Waals surface area contributed by atoms with Crippen molar-refractivity contribution in [2.24, 2.45) is 4.99 Å². The normalized spacial score (nSPS) is 16.4. The van der Waals surface area contributed by atoms with Gasteiger partial charge in [-0.3, -0.25) is 9.47 Å². The quantitative estimate of drug-likeness (QED) is 0.469. The molecule has 0 atom stereocenters. The van der Waals surface area contributed by atoms with E-state index in [1.807, 2.05) is 12.1 Å². The number of benzene rings is 1. The van der Waals surface area contributed by atoms with Crippen LogP contribution in [0.5, 0.6) is 11.5 Å². The number of methoxy groups -OCH3 is 1. The van der Waals surface area contributed by atoms with E-state index in [0.29, 0.717) is 30.3 Å². The van der Waals surface area contributed by atoms with Crippen molar-refractivity contribution in [2.75, 3.05) is 64.2 Å². The number of hydrogen-bond acceptors (Lipinski definition) is 10. The van der Waals surface area contributed by atoms with Crippen molar-refractivity contribution in [3.63, 3.8) is 0 Å². The van der Waals surface area contributed by atoms with E-state index in [9.17, 15) is 0 Å². The Morgan fingerprint density at radius 2 is 2.00 bits per heavy atom. The Morgan fingerprint density at radius 3 is 2.79 bits per heavy atom. The molecule has 34 heavy (non-hydrogen) atoms. The maximum atomic E-state index is 6.12. The predicted molar refractivity (Wildman–Crippen MR) is 128 cm³/mol. The molecule has 4 heterocycles. The molecule has 0 aliphatic carbocycles. The van der Waals surface area contributed by atoms with E-state index in [2.05, 4.69) is 24.8 Å². The lowest BCUT2D eigenvalue weighted by molar-refractivity contribution is 0.0357. The number of nitrogens with two attached hydrogens (primary N) is 1. The van der Waals surface area contributed by atoms with Crippen molar-refractivity contribution in [3.8, 4) is 11.5 Å². The van der Waals surface area contributed by atoms with E-state index in [4.69, 9.17) is 29.9 Å². The summed E-state index contributed by atoms with van der Waals surface area (Å²) in [7, 11) is 1.65. The summed E-state index contributed by atoms with van der Waals surface area (Å²) in [6.07, 6.45) is 4.29. The van der Waals surface area contributed by atoms with Crippen LogP contribution in [0.15, 0.2) is 29.5 Å². The van der Waals surface area contributed by atoms with Crippen molar-refractivity contribution in [1.82, 2.24) is 24.4 Å². The maximum absolute atomic E-state index is 6.12. The highest BCUT2D eigenvalue weighted by atomic mass is 16.5. The Bertz CT molecular complexity index is 1210. The van der Waals surface area contributed by atoms with Gasteiger partial charge in [0.1, 0.15) is 11.3 Å². The van der Waals surface area contributed by atoms with E-state index < -0.39 is 0 Å². The molecule has 0 unspecified atom stereocenters. The van der Waals surface area contributed by atoms with E-state index in [1.165, 1.54) is 0 Å². The van der Waals surface area contributed by atoms with Crippen LogP contribution in [0, 0.1) is 0 Å². The van der Waals surface area contributed by atoms with Gasteiger partial charge in [-0.25, -0.2) is 19.9 Å². The molecule has 11 nitrogen and oxygen atoms in total. The molecular formula is C23H30N8O3. The number of nitrogens with zero attached hydrogens (tertiary/aromatic N) is 6. The third-order valence-corrected chi connectivity index (χ3v) is 6.01. The first-order chi connectivity index (χ1) is 16.7. The first-order valence-electron chi connectivity index (χ1n) is 11.6. The van der Waals surface area contributed by atoms with Gasteiger partial charge in [0.2, 0.25) is 11.6 Å². The van der Waals surface area contributed by atoms with Gasteiger partial charge in [-0.2, -0.15) is 0 Å². The van der Waals surface area contributed by atoms with Gasteiger partial charge in [0.15, 0.2) is 11.5 Å². The van der Waals surface area contributed by atoms with Crippen LogP contribution in [0.2, 0.25) is 0 Å². The average molecular weight is 467 g/mol. The van der Waals surface area contributed by atoms with Crippen molar-refractivity contribution >= 4 is 22.7 Å². The van der Waals surface area contributed by atoms with Crippen LogP contribution in [0.1, 0.15) is 12.0 Å². The van der Waals surface area contributed by atoms with E-state index in [0.717, 1.165) is 74.6 Å². The Labute approximate surface area is 197 Å². The second-order valence-corrected chi connectivity index (χ2v) is 8.25. The number of ether oxygens (including phenoxy) is 3. The third kappa shape index (κ3) is 4.75. The molecule has 0 saturated carbocycles. The summed E-state index contributed by atoms with van der Waals surface area (Å²) in [5, 5.41) is 4.43. The van der Waals surface area contributed by atoms with Crippen LogP contribution in [0.4, 0.5) is 11.8 Å². The summed E-state index contributed by atoms with van der Waals surface area (Å²) in [5.41, 5.74) is 7.79. The molecule has 2 aliphatic rings. The first-order valence-corrected chi connectivity index (χ1v) is 11.6. The Hall–Kier alpha value is -3.44. The lowest BCUT2D eigenvalue weighted by Crippen LogP contribution is -2.37. The summed E-state index contributed by atoms with van der Waals surface area (Å²) in [4.78, 5) is 20.1. The van der Waals surface area contributed by atoms with Gasteiger partial charge in [0.05, 0.1) is 33.5 Å². The number of nitrogen functional groups attached to an aromatic ring is 1. The van der Waals surface area contributed by atoms with Gasteiger partial charge in [0.25, 0.3) is 0 Å². The van der Waals surface area contributed by atoms with Crippen LogP contribution in [-0.4, -0.2) is 77.5 Å². The van der Waals surface area contributed by atoms with E-state index in [-0.39, 0.29) is 5.95 Å². The fourth-order valence-electron chi connectivity index (χ4n) is 4.28.